The van der Waals surface area contributed by atoms with Gasteiger partial charge in [-0.15, -0.1) is 5.10 Å². The molecule has 0 amide bonds. The first-order valence-corrected chi connectivity index (χ1v) is 9.74. The minimum Gasteiger partial charge on any atom is -0.481 e. The van der Waals surface area contributed by atoms with Crippen LogP contribution in [0, 0.1) is 11.8 Å². The zero-order valence-electron chi connectivity index (χ0n) is 15.2. The second-order valence-corrected chi connectivity index (χ2v) is 7.46. The summed E-state index contributed by atoms with van der Waals surface area (Å²) in [5.41, 5.74) is 1.10. The highest BCUT2D eigenvalue weighted by Gasteiger charge is 2.32. The number of hydrogen-bond donors (Lipinski definition) is 2. The SMILES string of the molecule is O=C(O)[C@@H](CCCC1CCCCC1)[C@H](Cc1ccccc1)c1nnn[nH]1. The molecule has 0 radical (unpaired) electrons. The van der Waals surface area contributed by atoms with Gasteiger partial charge in [0.25, 0.3) is 0 Å². The van der Waals surface area contributed by atoms with Crippen LogP contribution >= 0.6 is 0 Å². The van der Waals surface area contributed by atoms with Crippen molar-refractivity contribution in [1.82, 2.24) is 20.6 Å². The third kappa shape index (κ3) is 5.13. The molecule has 2 atom stereocenters. The molecule has 6 heteroatoms. The van der Waals surface area contributed by atoms with Crippen molar-refractivity contribution in [1.29, 1.82) is 0 Å². The first-order chi connectivity index (χ1) is 12.7. The van der Waals surface area contributed by atoms with Crippen LogP contribution < -0.4 is 0 Å². The summed E-state index contributed by atoms with van der Waals surface area (Å²) in [5.74, 6) is -0.132. The molecule has 6 nitrogen and oxygen atoms in total. The molecule has 2 aromatic rings. The third-order valence-corrected chi connectivity index (χ3v) is 5.67. The van der Waals surface area contributed by atoms with Gasteiger partial charge in [0.15, 0.2) is 5.82 Å². The Morgan fingerprint density at radius 3 is 2.62 bits per heavy atom. The number of H-pyrrole nitrogens is 1. The Morgan fingerprint density at radius 1 is 1.19 bits per heavy atom. The van der Waals surface area contributed by atoms with Gasteiger partial charge in [0.1, 0.15) is 0 Å². The van der Waals surface area contributed by atoms with E-state index in [2.05, 4.69) is 20.6 Å². The lowest BCUT2D eigenvalue weighted by Gasteiger charge is -2.24. The van der Waals surface area contributed by atoms with Crippen LogP contribution in [0.5, 0.6) is 0 Å². The van der Waals surface area contributed by atoms with E-state index in [0.717, 1.165) is 24.3 Å². The fourth-order valence-corrected chi connectivity index (χ4v) is 4.22. The van der Waals surface area contributed by atoms with Crippen molar-refractivity contribution in [3.05, 3.63) is 41.7 Å². The lowest BCUT2D eigenvalue weighted by molar-refractivity contribution is -0.143. The van der Waals surface area contributed by atoms with Gasteiger partial charge in [-0.2, -0.15) is 0 Å². The van der Waals surface area contributed by atoms with Crippen molar-refractivity contribution >= 4 is 5.97 Å². The maximum Gasteiger partial charge on any atom is 0.307 e. The van der Waals surface area contributed by atoms with Crippen LogP contribution in [0.1, 0.15) is 68.7 Å². The number of nitrogens with zero attached hydrogens (tertiary/aromatic N) is 3. The molecule has 1 aromatic carbocycles. The molecule has 2 N–H and O–H groups in total. The Bertz CT molecular complexity index is 654. The number of aromatic nitrogens is 4. The fourth-order valence-electron chi connectivity index (χ4n) is 4.22. The molecule has 0 bridgehead atoms. The molecular formula is C20H28N4O2. The number of tetrazole rings is 1. The largest absolute Gasteiger partial charge is 0.481 e. The fraction of sp³-hybridized carbons (Fsp3) is 0.600. The summed E-state index contributed by atoms with van der Waals surface area (Å²) in [6.45, 7) is 0. The number of carboxylic acids is 1. The van der Waals surface area contributed by atoms with Crippen molar-refractivity contribution in [3.8, 4) is 0 Å². The minimum atomic E-state index is -0.758. The maximum absolute atomic E-state index is 12.0. The first-order valence-electron chi connectivity index (χ1n) is 9.74. The molecule has 0 spiro atoms. The van der Waals surface area contributed by atoms with Crippen molar-refractivity contribution < 1.29 is 9.90 Å². The van der Waals surface area contributed by atoms with E-state index < -0.39 is 11.9 Å². The maximum atomic E-state index is 12.0. The van der Waals surface area contributed by atoms with Crippen molar-refractivity contribution in [2.24, 2.45) is 11.8 Å². The molecule has 1 aromatic heterocycles. The molecule has 0 unspecified atom stereocenters. The zero-order valence-corrected chi connectivity index (χ0v) is 15.2. The summed E-state index contributed by atoms with van der Waals surface area (Å²) >= 11 is 0. The molecule has 1 fully saturated rings. The van der Waals surface area contributed by atoms with Gasteiger partial charge in [-0.05, 0) is 34.7 Å². The van der Waals surface area contributed by atoms with Gasteiger partial charge >= 0.3 is 5.97 Å². The van der Waals surface area contributed by atoms with Crippen LogP contribution in [0.3, 0.4) is 0 Å². The summed E-state index contributed by atoms with van der Waals surface area (Å²) in [6, 6.07) is 9.97. The van der Waals surface area contributed by atoms with Gasteiger partial charge < -0.3 is 5.11 Å². The molecule has 140 valence electrons. The van der Waals surface area contributed by atoms with E-state index in [9.17, 15) is 9.90 Å². The minimum absolute atomic E-state index is 0.240. The van der Waals surface area contributed by atoms with Crippen LogP contribution in [0.25, 0.3) is 0 Å². The van der Waals surface area contributed by atoms with E-state index >= 15 is 0 Å². The molecule has 1 aliphatic rings. The highest BCUT2D eigenvalue weighted by molar-refractivity contribution is 5.71. The van der Waals surface area contributed by atoms with E-state index in [1.54, 1.807) is 0 Å². The van der Waals surface area contributed by atoms with Crippen LogP contribution in [-0.4, -0.2) is 31.7 Å². The molecule has 1 aliphatic carbocycles. The van der Waals surface area contributed by atoms with Gasteiger partial charge in [-0.1, -0.05) is 75.3 Å². The predicted molar refractivity (Wildman–Crippen MR) is 98.6 cm³/mol. The smallest absolute Gasteiger partial charge is 0.307 e. The molecule has 3 rings (SSSR count). The highest BCUT2D eigenvalue weighted by Crippen LogP contribution is 2.33. The normalized spacial score (nSPS) is 17.7. The Morgan fingerprint density at radius 2 is 1.96 bits per heavy atom. The summed E-state index contributed by atoms with van der Waals surface area (Å²) in [7, 11) is 0. The number of nitrogens with one attached hydrogen (secondary N) is 1. The van der Waals surface area contributed by atoms with E-state index in [1.807, 2.05) is 30.3 Å². The van der Waals surface area contributed by atoms with E-state index in [-0.39, 0.29) is 5.92 Å². The lowest BCUT2D eigenvalue weighted by Crippen LogP contribution is -2.25. The summed E-state index contributed by atoms with van der Waals surface area (Å²) in [4.78, 5) is 12.0. The Kier molecular flexibility index (Phi) is 6.75. The number of rotatable bonds is 9. The predicted octanol–water partition coefficient (Wildman–Crippen LogP) is 3.98. The summed E-state index contributed by atoms with van der Waals surface area (Å²) < 4.78 is 0. The average molecular weight is 356 g/mol. The van der Waals surface area contributed by atoms with Gasteiger partial charge in [0.2, 0.25) is 0 Å². The van der Waals surface area contributed by atoms with E-state index in [0.29, 0.717) is 18.7 Å². The molecule has 26 heavy (non-hydrogen) atoms. The van der Waals surface area contributed by atoms with E-state index in [4.69, 9.17) is 0 Å². The average Bonchev–Trinajstić information content (AvgIpc) is 3.20. The number of hydrogen-bond acceptors (Lipinski definition) is 4. The summed E-state index contributed by atoms with van der Waals surface area (Å²) in [6.07, 6.45) is 9.99. The topological polar surface area (TPSA) is 91.8 Å². The van der Waals surface area contributed by atoms with Gasteiger partial charge in [0.05, 0.1) is 5.92 Å². The van der Waals surface area contributed by atoms with Crippen molar-refractivity contribution in [2.75, 3.05) is 0 Å². The van der Waals surface area contributed by atoms with Gasteiger partial charge in [-0.3, -0.25) is 4.79 Å². The molecule has 1 saturated carbocycles. The second-order valence-electron chi connectivity index (χ2n) is 7.46. The molecular weight excluding hydrogens is 328 g/mol. The Labute approximate surface area is 154 Å². The number of aromatic amines is 1. The monoisotopic (exact) mass is 356 g/mol. The number of aliphatic carboxylic acids is 1. The number of benzene rings is 1. The molecule has 1 heterocycles. The van der Waals surface area contributed by atoms with Crippen molar-refractivity contribution in [2.45, 2.75) is 63.7 Å². The quantitative estimate of drug-likeness (QED) is 0.709. The van der Waals surface area contributed by atoms with Crippen LogP contribution in [0.15, 0.2) is 30.3 Å². The zero-order chi connectivity index (χ0) is 18.2. The third-order valence-electron chi connectivity index (χ3n) is 5.67. The lowest BCUT2D eigenvalue weighted by atomic mass is 9.80. The first kappa shape index (κ1) is 18.5. The summed E-state index contributed by atoms with van der Waals surface area (Å²) in [5, 5.41) is 24.0. The van der Waals surface area contributed by atoms with E-state index in [1.165, 1.54) is 32.1 Å². The van der Waals surface area contributed by atoms with Crippen LogP contribution in [0.4, 0.5) is 0 Å². The van der Waals surface area contributed by atoms with Crippen molar-refractivity contribution in [3.63, 3.8) is 0 Å². The Hall–Kier alpha value is -2.24. The second kappa shape index (κ2) is 9.46. The highest BCUT2D eigenvalue weighted by atomic mass is 16.4. The molecule has 0 saturated heterocycles. The Balaban J connectivity index is 1.67. The number of carboxylic acid groups (broad SMARTS) is 1. The molecule has 0 aliphatic heterocycles. The van der Waals surface area contributed by atoms with Gasteiger partial charge in [0, 0.05) is 5.92 Å². The standard InChI is InChI=1S/C20H28N4O2/c25-20(26)17(13-7-12-15-8-3-1-4-9-15)18(19-21-23-24-22-19)14-16-10-5-2-6-11-16/h2,5-6,10-11,15,17-18H,1,3-4,7-9,12-14H2,(H,25,26)(H,21,22,23,24)/t17-,18-/m0/s1. The van der Waals surface area contributed by atoms with Crippen LogP contribution in [0.2, 0.25) is 0 Å². The number of carbonyl (C=O) groups is 1. The van der Waals surface area contributed by atoms with Crippen LogP contribution in [-0.2, 0) is 11.2 Å². The van der Waals surface area contributed by atoms with Gasteiger partial charge in [-0.25, -0.2) is 5.10 Å².